The number of rotatable bonds is 3. The average molecular weight is 332 g/mol. The second-order valence-corrected chi connectivity index (χ2v) is 7.93. The largest absolute Gasteiger partial charge is 0.382 e. The van der Waals surface area contributed by atoms with E-state index in [0.717, 1.165) is 31.6 Å². The minimum atomic E-state index is -0.924. The van der Waals surface area contributed by atoms with Crippen LogP contribution in [-0.4, -0.2) is 48.3 Å². The van der Waals surface area contributed by atoms with Crippen molar-refractivity contribution in [2.75, 3.05) is 13.1 Å². The normalized spacial score (nSPS) is 22.9. The topological polar surface area (TPSA) is 82.9 Å². The van der Waals surface area contributed by atoms with Gasteiger partial charge in [0, 0.05) is 24.3 Å². The highest BCUT2D eigenvalue weighted by Crippen LogP contribution is 2.31. The maximum Gasteiger partial charge on any atom is 0.123 e. The molecule has 0 spiro atoms. The van der Waals surface area contributed by atoms with Crippen LogP contribution in [0.4, 0.5) is 0 Å². The Labute approximate surface area is 143 Å². The van der Waals surface area contributed by atoms with Gasteiger partial charge in [0.05, 0.1) is 17.4 Å². The van der Waals surface area contributed by atoms with Crippen LogP contribution in [0.3, 0.4) is 0 Å². The van der Waals surface area contributed by atoms with E-state index in [1.54, 1.807) is 6.20 Å². The summed E-state index contributed by atoms with van der Waals surface area (Å²) in [6.07, 6.45) is 3.28. The zero-order chi connectivity index (χ0) is 17.5. The molecular formula is C17H28N6O. The van der Waals surface area contributed by atoms with Crippen LogP contribution < -0.4 is 0 Å². The smallest absolute Gasteiger partial charge is 0.123 e. The summed E-state index contributed by atoms with van der Waals surface area (Å²) in [6, 6.07) is 0. The van der Waals surface area contributed by atoms with Crippen LogP contribution in [0, 0.1) is 13.8 Å². The number of nitrogens with one attached hydrogen (secondary N) is 1. The van der Waals surface area contributed by atoms with Gasteiger partial charge in [-0.05, 0) is 54.0 Å². The van der Waals surface area contributed by atoms with Gasteiger partial charge in [-0.15, -0.1) is 0 Å². The van der Waals surface area contributed by atoms with E-state index in [-0.39, 0.29) is 5.54 Å². The Balaban J connectivity index is 1.81. The van der Waals surface area contributed by atoms with Gasteiger partial charge in [0.25, 0.3) is 0 Å². The minimum absolute atomic E-state index is 0.0313. The van der Waals surface area contributed by atoms with E-state index in [1.165, 1.54) is 11.3 Å². The number of nitrogens with zero attached hydrogens (tertiary/aromatic N) is 5. The van der Waals surface area contributed by atoms with Gasteiger partial charge in [-0.3, -0.25) is 9.58 Å². The Morgan fingerprint density at radius 2 is 2.08 bits per heavy atom. The predicted octanol–water partition coefficient (Wildman–Crippen LogP) is 1.86. The Morgan fingerprint density at radius 1 is 1.33 bits per heavy atom. The molecule has 0 saturated carbocycles. The number of H-pyrrole nitrogens is 1. The highest BCUT2D eigenvalue weighted by molar-refractivity contribution is 5.25. The summed E-state index contributed by atoms with van der Waals surface area (Å²) in [5.41, 5.74) is 3.21. The van der Waals surface area contributed by atoms with Gasteiger partial charge in [0.1, 0.15) is 11.3 Å². The third kappa shape index (κ3) is 3.10. The lowest BCUT2D eigenvalue weighted by Crippen LogP contribution is -2.46. The quantitative estimate of drug-likeness (QED) is 0.896. The molecule has 7 heteroatoms. The third-order valence-electron chi connectivity index (χ3n) is 4.90. The van der Waals surface area contributed by atoms with Crippen molar-refractivity contribution in [1.29, 1.82) is 0 Å². The summed E-state index contributed by atoms with van der Waals surface area (Å²) < 4.78 is 2.10. The lowest BCUT2D eigenvalue weighted by molar-refractivity contribution is -0.0415. The van der Waals surface area contributed by atoms with Gasteiger partial charge in [0.15, 0.2) is 0 Å². The number of aliphatic hydroxyl groups is 1. The zero-order valence-electron chi connectivity index (χ0n) is 15.3. The molecule has 2 aromatic rings. The number of likely N-dealkylation sites (tertiary alicyclic amines) is 1. The minimum Gasteiger partial charge on any atom is -0.382 e. The number of hydrogen-bond donors (Lipinski definition) is 2. The molecule has 1 atom stereocenters. The van der Waals surface area contributed by atoms with Crippen LogP contribution in [0.1, 0.15) is 56.3 Å². The van der Waals surface area contributed by atoms with E-state index in [1.807, 2.05) is 0 Å². The fraction of sp³-hybridized carbons (Fsp3) is 0.706. The van der Waals surface area contributed by atoms with E-state index in [2.05, 4.69) is 59.6 Å². The first-order valence-electron chi connectivity index (χ1n) is 8.57. The Bertz CT molecular complexity index is 699. The van der Waals surface area contributed by atoms with Gasteiger partial charge in [-0.2, -0.15) is 20.5 Å². The van der Waals surface area contributed by atoms with Crippen molar-refractivity contribution in [3.8, 4) is 0 Å². The van der Waals surface area contributed by atoms with E-state index >= 15 is 0 Å². The first kappa shape index (κ1) is 17.1. The molecule has 1 fully saturated rings. The van der Waals surface area contributed by atoms with Crippen molar-refractivity contribution in [3.05, 3.63) is 28.8 Å². The Kier molecular flexibility index (Phi) is 4.25. The summed E-state index contributed by atoms with van der Waals surface area (Å²) in [5, 5.41) is 26.2. The number of aromatic amines is 1. The highest BCUT2D eigenvalue weighted by atomic mass is 16.3. The molecule has 132 valence electrons. The molecule has 0 aromatic carbocycles. The monoisotopic (exact) mass is 332 g/mol. The molecule has 0 amide bonds. The third-order valence-corrected chi connectivity index (χ3v) is 4.90. The first-order chi connectivity index (χ1) is 11.2. The lowest BCUT2D eigenvalue weighted by Gasteiger charge is -2.38. The molecule has 3 rings (SSSR count). The average Bonchev–Trinajstić information content (AvgIpc) is 3.11. The van der Waals surface area contributed by atoms with Crippen LogP contribution in [0.5, 0.6) is 0 Å². The number of aryl methyl sites for hydroxylation is 1. The van der Waals surface area contributed by atoms with Crippen LogP contribution in [-0.2, 0) is 17.7 Å². The summed E-state index contributed by atoms with van der Waals surface area (Å²) >= 11 is 0. The van der Waals surface area contributed by atoms with Gasteiger partial charge in [0.2, 0.25) is 0 Å². The Hall–Kier alpha value is -1.73. The van der Waals surface area contributed by atoms with Gasteiger partial charge >= 0.3 is 0 Å². The molecule has 0 aliphatic carbocycles. The molecular weight excluding hydrogens is 304 g/mol. The molecule has 3 heterocycles. The number of piperidine rings is 1. The first-order valence-corrected chi connectivity index (χ1v) is 8.57. The molecule has 1 aliphatic heterocycles. The van der Waals surface area contributed by atoms with E-state index < -0.39 is 5.60 Å². The molecule has 2 N–H and O–H groups in total. The number of aromatic nitrogens is 5. The van der Waals surface area contributed by atoms with Crippen molar-refractivity contribution in [3.63, 3.8) is 0 Å². The van der Waals surface area contributed by atoms with Crippen LogP contribution in [0.25, 0.3) is 0 Å². The maximum absolute atomic E-state index is 11.0. The standard InChI is InChI=1S/C17H28N6O/c1-12-14(13(2)23(20-12)16(3,4)5)10-22-8-6-7-17(24,11-22)15-9-18-21-19-15/h9,24H,6-8,10-11H2,1-5H3,(H,18,19,21). The van der Waals surface area contributed by atoms with Crippen LogP contribution in [0.2, 0.25) is 0 Å². The maximum atomic E-state index is 11.0. The molecule has 1 unspecified atom stereocenters. The fourth-order valence-corrected chi connectivity index (χ4v) is 3.67. The summed E-state index contributed by atoms with van der Waals surface area (Å²) in [7, 11) is 0. The summed E-state index contributed by atoms with van der Waals surface area (Å²) in [5.74, 6) is 0. The van der Waals surface area contributed by atoms with Crippen molar-refractivity contribution in [2.45, 2.75) is 65.1 Å². The fourth-order valence-electron chi connectivity index (χ4n) is 3.67. The van der Waals surface area contributed by atoms with E-state index in [9.17, 15) is 5.11 Å². The zero-order valence-corrected chi connectivity index (χ0v) is 15.3. The molecule has 7 nitrogen and oxygen atoms in total. The summed E-state index contributed by atoms with van der Waals surface area (Å²) in [4.78, 5) is 2.29. The lowest BCUT2D eigenvalue weighted by atomic mass is 9.89. The molecule has 1 saturated heterocycles. The molecule has 1 aliphatic rings. The van der Waals surface area contributed by atoms with Gasteiger partial charge in [-0.1, -0.05) is 0 Å². The number of β-amino-alcohol motifs (C(OH)–C–C–N with tert-alkyl or cyclic N) is 1. The number of hydrogen-bond acceptors (Lipinski definition) is 5. The molecule has 2 aromatic heterocycles. The highest BCUT2D eigenvalue weighted by Gasteiger charge is 2.37. The van der Waals surface area contributed by atoms with Crippen molar-refractivity contribution in [2.24, 2.45) is 0 Å². The van der Waals surface area contributed by atoms with Gasteiger partial charge in [-0.25, -0.2) is 0 Å². The molecule has 0 radical (unpaired) electrons. The van der Waals surface area contributed by atoms with E-state index in [4.69, 9.17) is 5.10 Å². The summed E-state index contributed by atoms with van der Waals surface area (Å²) in [6.45, 7) is 13.0. The van der Waals surface area contributed by atoms with Crippen molar-refractivity contribution >= 4 is 0 Å². The second kappa shape index (κ2) is 5.97. The van der Waals surface area contributed by atoms with Crippen molar-refractivity contribution < 1.29 is 5.11 Å². The molecule has 24 heavy (non-hydrogen) atoms. The Morgan fingerprint density at radius 3 is 2.67 bits per heavy atom. The van der Waals surface area contributed by atoms with Gasteiger partial charge < -0.3 is 5.11 Å². The predicted molar refractivity (Wildman–Crippen MR) is 91.5 cm³/mol. The SMILES string of the molecule is Cc1nn(C(C)(C)C)c(C)c1CN1CCCC(O)(c2cn[nH]n2)C1. The van der Waals surface area contributed by atoms with Crippen LogP contribution in [0.15, 0.2) is 6.20 Å². The van der Waals surface area contributed by atoms with Crippen molar-refractivity contribution in [1.82, 2.24) is 30.1 Å². The van der Waals surface area contributed by atoms with Crippen LogP contribution >= 0.6 is 0 Å². The van der Waals surface area contributed by atoms with E-state index in [0.29, 0.717) is 12.2 Å². The second-order valence-electron chi connectivity index (χ2n) is 7.93. The molecule has 0 bridgehead atoms.